The highest BCUT2D eigenvalue weighted by molar-refractivity contribution is 6.30. The lowest BCUT2D eigenvalue weighted by atomic mass is 9.42. The van der Waals surface area contributed by atoms with E-state index in [0.29, 0.717) is 82.4 Å². The van der Waals surface area contributed by atoms with Crippen LogP contribution in [-0.4, -0.2) is 53.4 Å². The monoisotopic (exact) mass is 795 g/mol. The number of nitrogens with zero attached hydrogens (tertiary/aromatic N) is 3. The van der Waals surface area contributed by atoms with Crippen LogP contribution in [0.4, 0.5) is 0 Å². The number of aldehydes is 1. The number of fused-ring (bicyclic) bond motifs is 7. The third-order valence-corrected chi connectivity index (χ3v) is 17.9. The molecule has 0 bridgehead atoms. The van der Waals surface area contributed by atoms with Crippen LogP contribution in [0.3, 0.4) is 0 Å². The average molecular weight is 797 g/mol. The van der Waals surface area contributed by atoms with E-state index in [0.717, 1.165) is 74.7 Å². The van der Waals surface area contributed by atoms with Crippen molar-refractivity contribution in [1.82, 2.24) is 15.1 Å². The molecular weight excluding hydrogens is 730 g/mol. The van der Waals surface area contributed by atoms with E-state index >= 15 is 0 Å². The minimum Gasteiger partial charge on any atom is -0.491 e. The van der Waals surface area contributed by atoms with Crippen LogP contribution in [-0.2, 0) is 15.0 Å². The van der Waals surface area contributed by atoms with E-state index in [2.05, 4.69) is 51.2 Å². The van der Waals surface area contributed by atoms with Crippen LogP contribution in [0.5, 0.6) is 5.75 Å². The topological polar surface area (TPSA) is 85.5 Å². The van der Waals surface area contributed by atoms with Gasteiger partial charge in [0.15, 0.2) is 5.78 Å². The zero-order chi connectivity index (χ0) is 39.8. The highest BCUT2D eigenvalue weighted by Gasteiger charge is 2.62. The second-order valence-electron chi connectivity index (χ2n) is 20.5. The van der Waals surface area contributed by atoms with Gasteiger partial charge in [0, 0.05) is 23.9 Å². The van der Waals surface area contributed by atoms with Crippen molar-refractivity contribution in [3.05, 3.63) is 52.4 Å². The molecule has 57 heavy (non-hydrogen) atoms. The summed E-state index contributed by atoms with van der Waals surface area (Å²) in [6, 6.07) is 5.64. The normalized spacial score (nSPS) is 39.0. The molecule has 0 spiro atoms. The molecule has 6 fully saturated rings. The summed E-state index contributed by atoms with van der Waals surface area (Å²) >= 11 is 6.48. The Morgan fingerprint density at radius 1 is 1.04 bits per heavy atom. The van der Waals surface area contributed by atoms with Crippen molar-refractivity contribution < 1.29 is 18.7 Å². The highest BCUT2D eigenvalue weighted by Crippen LogP contribution is 2.68. The summed E-state index contributed by atoms with van der Waals surface area (Å²) in [4.78, 5) is 28.1. The van der Waals surface area contributed by atoms with Gasteiger partial charge in [0.05, 0.1) is 11.0 Å². The number of aromatic nitrogens is 2. The lowest BCUT2D eigenvalue weighted by Gasteiger charge is -2.63. The van der Waals surface area contributed by atoms with Gasteiger partial charge in [0.2, 0.25) is 5.89 Å². The average Bonchev–Trinajstić information content (AvgIpc) is 3.95. The molecule has 8 heteroatoms. The van der Waals surface area contributed by atoms with Crippen molar-refractivity contribution in [3.63, 3.8) is 0 Å². The summed E-state index contributed by atoms with van der Waals surface area (Å²) in [5, 5.41) is 10.1. The van der Waals surface area contributed by atoms with Crippen molar-refractivity contribution in [2.24, 2.45) is 70.5 Å². The fourth-order valence-electron chi connectivity index (χ4n) is 14.6. The Labute approximate surface area is 346 Å². The molecule has 1 aliphatic heterocycles. The van der Waals surface area contributed by atoms with Crippen molar-refractivity contribution >= 4 is 23.7 Å². The van der Waals surface area contributed by atoms with Crippen molar-refractivity contribution in [2.75, 3.05) is 26.2 Å². The fourth-order valence-corrected chi connectivity index (χ4v) is 14.8. The van der Waals surface area contributed by atoms with Gasteiger partial charge in [-0.25, -0.2) is 0 Å². The molecule has 6 aliphatic carbocycles. The number of hydrogen-bond donors (Lipinski definition) is 0. The van der Waals surface area contributed by atoms with E-state index in [1.165, 1.54) is 62.4 Å². The number of allylic oxidation sites excluding steroid dienone is 3. The Morgan fingerprint density at radius 2 is 1.82 bits per heavy atom. The Morgan fingerprint density at radius 3 is 2.58 bits per heavy atom. The van der Waals surface area contributed by atoms with Crippen molar-refractivity contribution in [1.29, 1.82) is 0 Å². The Hall–Kier alpha value is -2.77. The number of benzene rings is 1. The first-order chi connectivity index (χ1) is 27.4. The molecule has 12 atom stereocenters. The van der Waals surface area contributed by atoms with Crippen LogP contribution < -0.4 is 4.74 Å². The number of ketones is 1. The minimum absolute atomic E-state index is 0.159. The maximum atomic E-state index is 14.2. The third-order valence-electron chi connectivity index (χ3n) is 17.7. The second-order valence-corrected chi connectivity index (χ2v) is 20.9. The summed E-state index contributed by atoms with van der Waals surface area (Å²) in [5.74, 6) is 7.92. The van der Waals surface area contributed by atoms with Crippen LogP contribution >= 0.6 is 11.6 Å². The molecule has 7 nitrogen and oxygen atoms in total. The molecule has 1 aromatic heterocycles. The van der Waals surface area contributed by atoms with Gasteiger partial charge in [0.25, 0.3) is 5.89 Å². The van der Waals surface area contributed by atoms with Crippen LogP contribution in [0.25, 0.3) is 11.5 Å². The number of Topliss-reactive ketones (excluding diaryl/α,β-unsaturated/α-hetero) is 1. The maximum absolute atomic E-state index is 14.2. The van der Waals surface area contributed by atoms with E-state index in [9.17, 15) is 9.59 Å². The molecule has 7 aliphatic rings. The highest BCUT2D eigenvalue weighted by atomic mass is 35.5. The van der Waals surface area contributed by atoms with E-state index in [-0.39, 0.29) is 17.6 Å². The molecule has 308 valence electrons. The maximum Gasteiger partial charge on any atom is 0.251 e. The first-order valence-electron chi connectivity index (χ1n) is 22.8. The van der Waals surface area contributed by atoms with Gasteiger partial charge in [-0.2, -0.15) is 0 Å². The summed E-state index contributed by atoms with van der Waals surface area (Å²) in [6.45, 7) is 20.2. The second kappa shape index (κ2) is 15.4. The van der Waals surface area contributed by atoms with Gasteiger partial charge < -0.3 is 13.9 Å². The van der Waals surface area contributed by atoms with Gasteiger partial charge in [-0.3, -0.25) is 9.69 Å². The van der Waals surface area contributed by atoms with E-state index in [1.54, 1.807) is 0 Å². The molecule has 1 aromatic carbocycles. The van der Waals surface area contributed by atoms with Gasteiger partial charge in [-0.1, -0.05) is 58.4 Å². The van der Waals surface area contributed by atoms with Crippen molar-refractivity contribution in [3.8, 4) is 17.2 Å². The van der Waals surface area contributed by atoms with Gasteiger partial charge in [0.1, 0.15) is 18.6 Å². The van der Waals surface area contributed by atoms with Crippen LogP contribution in [0.2, 0.25) is 5.02 Å². The lowest BCUT2D eigenvalue weighted by molar-refractivity contribution is -0.124. The van der Waals surface area contributed by atoms with Crippen molar-refractivity contribution in [2.45, 2.75) is 124 Å². The van der Waals surface area contributed by atoms with E-state index in [1.807, 2.05) is 18.2 Å². The number of rotatable bonds is 11. The summed E-state index contributed by atoms with van der Waals surface area (Å²) in [7, 11) is 0. The number of ether oxygens (including phenoxy) is 1. The molecule has 0 radical (unpaired) electrons. The predicted molar refractivity (Wildman–Crippen MR) is 225 cm³/mol. The van der Waals surface area contributed by atoms with Gasteiger partial charge >= 0.3 is 0 Å². The predicted octanol–water partition coefficient (Wildman–Crippen LogP) is 11.0. The molecule has 9 rings (SSSR count). The van der Waals surface area contributed by atoms with Gasteiger partial charge in [-0.05, 0) is 184 Å². The Balaban J connectivity index is 0.946. The third kappa shape index (κ3) is 6.62. The smallest absolute Gasteiger partial charge is 0.251 e. The fraction of sp³-hybridized carbons (Fsp3) is 0.714. The van der Waals surface area contributed by atoms with Gasteiger partial charge in [-0.15, -0.1) is 10.2 Å². The number of carbonyl (C=O) groups excluding carboxylic acids is 2. The minimum atomic E-state index is -0.529. The molecule has 0 N–H and O–H groups in total. The first kappa shape index (κ1) is 39.7. The van der Waals surface area contributed by atoms with E-state index < -0.39 is 5.41 Å². The van der Waals surface area contributed by atoms with Crippen LogP contribution in [0.1, 0.15) is 124 Å². The first-order valence-corrected chi connectivity index (χ1v) is 23.2. The zero-order valence-electron chi connectivity index (χ0n) is 35.2. The SMILES string of the molecule is C=C(CC1CCC2(C)C(CCC3C4CCC5(c6nnc(-c7ccc(Cl)cc7OCCN7CCCC7)o6)CC(=O)C(C(C)C)=C5C4CCC32)C1C)C1CC(C=O)C1C. The summed E-state index contributed by atoms with van der Waals surface area (Å²) < 4.78 is 13.1. The number of likely N-dealkylation sites (tertiary alicyclic amines) is 1. The molecule has 12 unspecified atom stereocenters. The number of carbonyl (C=O) groups is 2. The molecular formula is C49H66ClN3O4. The molecule has 1 saturated heterocycles. The zero-order valence-corrected chi connectivity index (χ0v) is 36.0. The molecule has 2 aromatic rings. The Kier molecular flexibility index (Phi) is 10.7. The Bertz CT molecular complexity index is 1910. The molecule has 0 amide bonds. The van der Waals surface area contributed by atoms with Crippen LogP contribution in [0, 0.1) is 70.5 Å². The van der Waals surface area contributed by atoms with Crippen LogP contribution in [0.15, 0.2) is 45.9 Å². The molecule has 2 heterocycles. The summed E-state index contributed by atoms with van der Waals surface area (Å²) in [6.07, 6.45) is 15.9. The standard InChI is InChI=1S/C49H66ClN3O4/c1-28(2)44-42(55)26-49(47-52-51-46(57-47)38-10-9-34(50)25-43(38)56-22-21-53-19-7-8-20-53)18-16-35-36-11-13-40-31(5)32(23-29(3)39-24-33(27-54)30(39)4)15-17-48(40,6)41(36)14-12-37(35)45(44)49/h9-10,25,27-28,30-33,35-37,39-41H,3,7-8,11-24,26H2,1-2,4-6H3. The van der Waals surface area contributed by atoms with E-state index in [4.69, 9.17) is 25.9 Å². The molecule has 5 saturated carbocycles. The number of hydrogen-bond acceptors (Lipinski definition) is 7. The number of halogens is 1. The lowest BCUT2D eigenvalue weighted by Crippen LogP contribution is -2.55. The summed E-state index contributed by atoms with van der Waals surface area (Å²) in [5.41, 5.74) is 4.40. The largest absolute Gasteiger partial charge is 0.491 e. The quantitative estimate of drug-likeness (QED) is 0.165.